The Balaban J connectivity index is 1.73. The van der Waals surface area contributed by atoms with Crippen molar-refractivity contribution in [3.63, 3.8) is 0 Å². The first-order chi connectivity index (χ1) is 12.5. The number of rotatable bonds is 4. The molecule has 2 aromatic carbocycles. The second kappa shape index (κ2) is 7.20. The molecule has 4 rings (SSSR count). The summed E-state index contributed by atoms with van der Waals surface area (Å²) in [6, 6.07) is 13.6. The van der Waals surface area contributed by atoms with Gasteiger partial charge in [-0.05, 0) is 0 Å². The maximum absolute atomic E-state index is 12.8. The van der Waals surface area contributed by atoms with Crippen molar-refractivity contribution in [1.29, 1.82) is 0 Å². The van der Waals surface area contributed by atoms with Gasteiger partial charge >= 0.3 is 165 Å². The summed E-state index contributed by atoms with van der Waals surface area (Å²) < 4.78 is 34.5. The Morgan fingerprint density at radius 3 is 2.54 bits per heavy atom. The van der Waals surface area contributed by atoms with Gasteiger partial charge in [0, 0.05) is 0 Å². The van der Waals surface area contributed by atoms with E-state index in [1.54, 1.807) is 18.2 Å². The van der Waals surface area contributed by atoms with Crippen LogP contribution < -0.4 is 4.72 Å². The second-order valence-electron chi connectivity index (χ2n) is 6.25. The number of nitrogens with zero attached hydrogens (tertiary/aromatic N) is 1. The Hall–Kier alpha value is -1.59. The van der Waals surface area contributed by atoms with Gasteiger partial charge in [-0.15, -0.1) is 0 Å². The van der Waals surface area contributed by atoms with Crippen LogP contribution in [-0.4, -0.2) is 27.1 Å². The molecule has 0 saturated heterocycles. The van der Waals surface area contributed by atoms with Gasteiger partial charge in [-0.3, -0.25) is 0 Å². The van der Waals surface area contributed by atoms with E-state index < -0.39 is 10.0 Å². The molecular formula is C19H17ClN2O2SSe. The van der Waals surface area contributed by atoms with Crippen molar-refractivity contribution in [1.82, 2.24) is 3.98 Å². The molecule has 0 amide bonds. The van der Waals surface area contributed by atoms with Crippen molar-refractivity contribution in [3.8, 4) is 11.3 Å². The maximum atomic E-state index is 12.8. The number of hydrogen-bond acceptors (Lipinski definition) is 3. The molecule has 0 radical (unpaired) electrons. The van der Waals surface area contributed by atoms with Gasteiger partial charge in [-0.1, -0.05) is 0 Å². The number of aryl methyl sites for hydroxylation is 1. The Labute approximate surface area is 164 Å². The van der Waals surface area contributed by atoms with Gasteiger partial charge in [0.15, 0.2) is 0 Å². The summed E-state index contributed by atoms with van der Waals surface area (Å²) in [6.07, 6.45) is 4.57. The Bertz CT molecular complexity index is 1050. The first-order valence-corrected chi connectivity index (χ1v) is 11.9. The van der Waals surface area contributed by atoms with Crippen LogP contribution in [0.25, 0.3) is 11.3 Å². The van der Waals surface area contributed by atoms with Crippen LogP contribution >= 0.6 is 11.6 Å². The first-order valence-electron chi connectivity index (χ1n) is 8.40. The van der Waals surface area contributed by atoms with E-state index in [4.69, 9.17) is 15.6 Å². The summed E-state index contributed by atoms with van der Waals surface area (Å²) >= 11 is 6.01. The van der Waals surface area contributed by atoms with Crippen LogP contribution in [0.1, 0.15) is 22.8 Å². The summed E-state index contributed by atoms with van der Waals surface area (Å²) in [4.78, 5) is 0.187. The van der Waals surface area contributed by atoms with Crippen molar-refractivity contribution >= 4 is 42.0 Å². The molecule has 0 fully saturated rings. The van der Waals surface area contributed by atoms with Crippen molar-refractivity contribution < 1.29 is 8.42 Å². The molecule has 26 heavy (non-hydrogen) atoms. The van der Waals surface area contributed by atoms with Gasteiger partial charge in [0.05, 0.1) is 0 Å². The van der Waals surface area contributed by atoms with Crippen LogP contribution in [0.15, 0.2) is 53.4 Å². The number of aromatic nitrogens is 1. The van der Waals surface area contributed by atoms with Crippen molar-refractivity contribution in [2.45, 2.75) is 30.6 Å². The van der Waals surface area contributed by atoms with Gasteiger partial charge in [0.2, 0.25) is 0 Å². The van der Waals surface area contributed by atoms with Crippen LogP contribution in [0, 0.1) is 0 Å². The summed E-state index contributed by atoms with van der Waals surface area (Å²) in [5.74, 6) is 0. The minimum absolute atomic E-state index is 0.146. The topological polar surface area (TPSA) is 59.1 Å². The Morgan fingerprint density at radius 1 is 1.00 bits per heavy atom. The molecule has 134 valence electrons. The van der Waals surface area contributed by atoms with E-state index in [1.807, 2.05) is 18.2 Å². The number of sulfonamides is 1. The van der Waals surface area contributed by atoms with Crippen molar-refractivity contribution in [2.24, 2.45) is 0 Å². The zero-order valence-electron chi connectivity index (χ0n) is 13.9. The quantitative estimate of drug-likeness (QED) is 0.607. The van der Waals surface area contributed by atoms with E-state index in [1.165, 1.54) is 35.0 Å². The Morgan fingerprint density at radius 2 is 1.73 bits per heavy atom. The molecule has 3 aromatic rings. The van der Waals surface area contributed by atoms with Gasteiger partial charge in [0.25, 0.3) is 0 Å². The standard InChI is InChI=1S/C19H17ClN2O2SSe/c20-13-9-11-14(12-10-13)25(23,24)21-17-7-3-1-5-15(17)19-16-6-2-4-8-18(16)26-22-19/h1,3,5,7,9-12,21H,2,4,6,8H2. The molecular weight excluding hydrogens is 435 g/mol. The fourth-order valence-corrected chi connectivity index (χ4v) is 6.40. The third kappa shape index (κ3) is 3.47. The molecule has 1 aliphatic rings. The van der Waals surface area contributed by atoms with E-state index in [0.29, 0.717) is 10.7 Å². The molecule has 0 aliphatic heterocycles. The molecule has 0 unspecified atom stereocenters. The number of nitrogens with one attached hydrogen (secondary N) is 1. The van der Waals surface area contributed by atoms with Crippen LogP contribution in [0.3, 0.4) is 0 Å². The van der Waals surface area contributed by atoms with Crippen LogP contribution in [-0.2, 0) is 22.9 Å². The molecule has 7 heteroatoms. The van der Waals surface area contributed by atoms with E-state index >= 15 is 0 Å². The number of benzene rings is 2. The normalized spacial score (nSPS) is 14.0. The van der Waals surface area contributed by atoms with Crippen LogP contribution in [0.2, 0.25) is 5.02 Å². The molecule has 1 heterocycles. The predicted octanol–water partition coefficient (Wildman–Crippen LogP) is 4.14. The van der Waals surface area contributed by atoms with Gasteiger partial charge in [0.1, 0.15) is 0 Å². The molecule has 0 atom stereocenters. The summed E-state index contributed by atoms with van der Waals surface area (Å²) in [6.45, 7) is 0. The summed E-state index contributed by atoms with van der Waals surface area (Å²) in [5.41, 5.74) is 3.72. The van der Waals surface area contributed by atoms with Crippen LogP contribution in [0.5, 0.6) is 0 Å². The molecule has 0 bridgehead atoms. The average molecular weight is 452 g/mol. The van der Waals surface area contributed by atoms with E-state index in [2.05, 4.69) is 4.72 Å². The van der Waals surface area contributed by atoms with Gasteiger partial charge in [-0.2, -0.15) is 0 Å². The predicted molar refractivity (Wildman–Crippen MR) is 106 cm³/mol. The van der Waals surface area contributed by atoms with Gasteiger partial charge in [-0.25, -0.2) is 0 Å². The van der Waals surface area contributed by atoms with E-state index in [-0.39, 0.29) is 19.6 Å². The molecule has 1 aliphatic carbocycles. The number of fused-ring (bicyclic) bond motifs is 1. The fraction of sp³-hybridized carbons (Fsp3) is 0.211. The fourth-order valence-electron chi connectivity index (χ4n) is 3.19. The van der Waals surface area contributed by atoms with E-state index in [9.17, 15) is 8.42 Å². The van der Waals surface area contributed by atoms with E-state index in [0.717, 1.165) is 24.1 Å². The SMILES string of the molecule is O=S(=O)(Nc1ccccc1-c1n[se]c2c1CCCC2)c1ccc(Cl)cc1. The van der Waals surface area contributed by atoms with Gasteiger partial charge < -0.3 is 0 Å². The molecule has 1 N–H and O–H groups in total. The monoisotopic (exact) mass is 452 g/mol. The third-order valence-corrected chi connectivity index (χ3v) is 8.12. The zero-order chi connectivity index (χ0) is 18.1. The number of anilines is 1. The molecule has 1 aromatic heterocycles. The molecule has 0 spiro atoms. The molecule has 4 nitrogen and oxygen atoms in total. The number of para-hydroxylation sites is 1. The summed E-state index contributed by atoms with van der Waals surface area (Å²) in [7, 11) is -3.69. The minimum atomic E-state index is -3.69. The molecule has 0 saturated carbocycles. The van der Waals surface area contributed by atoms with Crippen molar-refractivity contribution in [2.75, 3.05) is 4.72 Å². The zero-order valence-corrected chi connectivity index (χ0v) is 17.2. The van der Waals surface area contributed by atoms with Crippen LogP contribution in [0.4, 0.5) is 5.69 Å². The first kappa shape index (κ1) is 17.8. The second-order valence-corrected chi connectivity index (χ2v) is 10.2. The van der Waals surface area contributed by atoms with Crippen molar-refractivity contribution in [3.05, 3.63) is 63.6 Å². The summed E-state index contributed by atoms with van der Waals surface area (Å²) in [5, 5.41) is 0.503. The third-order valence-electron chi connectivity index (χ3n) is 4.50. The Kier molecular flexibility index (Phi) is 4.93. The average Bonchev–Trinajstić information content (AvgIpc) is 3.06. The number of halogens is 1. The number of hydrogen-bond donors (Lipinski definition) is 1.